The van der Waals surface area contributed by atoms with E-state index in [9.17, 15) is 20.2 Å². The molecule has 2 aromatic rings. The molecule has 0 heterocycles. The van der Waals surface area contributed by atoms with Gasteiger partial charge in [0.25, 0.3) is 11.4 Å². The normalized spacial score (nSPS) is 10.1. The molecule has 0 aromatic heterocycles. The van der Waals surface area contributed by atoms with Crippen LogP contribution in [0, 0.1) is 20.2 Å². The highest BCUT2D eigenvalue weighted by Crippen LogP contribution is 2.25. The first-order chi connectivity index (χ1) is 9.97. The molecule has 0 saturated carbocycles. The molecular weight excluding hydrogens is 342 g/mol. The van der Waals surface area contributed by atoms with Crippen LogP contribution in [0.25, 0.3) is 0 Å². The maximum absolute atomic E-state index is 11.0. The highest BCUT2D eigenvalue weighted by Gasteiger charge is 2.14. The fourth-order valence-corrected chi connectivity index (χ4v) is 2.13. The van der Waals surface area contributed by atoms with Gasteiger partial charge in [-0.05, 0) is 18.2 Å². The van der Waals surface area contributed by atoms with Crippen LogP contribution in [0.4, 0.5) is 17.1 Å². The molecule has 8 heteroatoms. The molecule has 0 radical (unpaired) electrons. The smallest absolute Gasteiger partial charge is 0.275 e. The first-order valence-corrected chi connectivity index (χ1v) is 6.68. The van der Waals surface area contributed by atoms with Gasteiger partial charge >= 0.3 is 0 Å². The minimum absolute atomic E-state index is 0.0118. The molecule has 0 fully saturated rings. The number of non-ortho nitro benzene ring substituents is 1. The van der Waals surface area contributed by atoms with Crippen LogP contribution in [-0.2, 0) is 6.54 Å². The van der Waals surface area contributed by atoms with E-state index >= 15 is 0 Å². The molecule has 21 heavy (non-hydrogen) atoms. The monoisotopic (exact) mass is 351 g/mol. The van der Waals surface area contributed by atoms with Crippen LogP contribution in [0.2, 0.25) is 0 Å². The topological polar surface area (TPSA) is 98.3 Å². The number of hydrogen-bond acceptors (Lipinski definition) is 5. The highest BCUT2D eigenvalue weighted by molar-refractivity contribution is 9.10. The van der Waals surface area contributed by atoms with Gasteiger partial charge < -0.3 is 5.32 Å². The number of nitrogens with zero attached hydrogens (tertiary/aromatic N) is 2. The maximum atomic E-state index is 11.0. The Morgan fingerprint density at radius 3 is 2.48 bits per heavy atom. The van der Waals surface area contributed by atoms with Crippen molar-refractivity contribution < 1.29 is 9.85 Å². The van der Waals surface area contributed by atoms with Crippen molar-refractivity contribution in [1.29, 1.82) is 0 Å². The van der Waals surface area contributed by atoms with Gasteiger partial charge in [0.15, 0.2) is 0 Å². The molecule has 0 saturated heterocycles. The van der Waals surface area contributed by atoms with Gasteiger partial charge in [0.05, 0.1) is 9.85 Å². The molecule has 0 aliphatic carbocycles. The fourth-order valence-electron chi connectivity index (χ4n) is 1.78. The standard InChI is InChI=1S/C13H10BrN3O4/c14-10-5-4-9(13(6-10)17(20)21)8-15-11-2-1-3-12(7-11)16(18)19/h1-7,15H,8H2. The molecule has 2 aromatic carbocycles. The SMILES string of the molecule is O=[N+]([O-])c1cccc(NCc2ccc(Br)cc2[N+](=O)[O-])c1. The Balaban J connectivity index is 2.18. The lowest BCUT2D eigenvalue weighted by atomic mass is 10.1. The van der Waals surface area contributed by atoms with Crippen LogP contribution in [0.5, 0.6) is 0 Å². The Morgan fingerprint density at radius 1 is 1.05 bits per heavy atom. The van der Waals surface area contributed by atoms with Gasteiger partial charge in [-0.3, -0.25) is 20.2 Å². The molecule has 2 rings (SSSR count). The number of halogens is 1. The lowest BCUT2D eigenvalue weighted by molar-refractivity contribution is -0.385. The average Bonchev–Trinajstić information content (AvgIpc) is 2.46. The second kappa shape index (κ2) is 6.31. The first kappa shape index (κ1) is 14.9. The average molecular weight is 352 g/mol. The number of benzene rings is 2. The molecule has 108 valence electrons. The Morgan fingerprint density at radius 2 is 1.81 bits per heavy atom. The van der Waals surface area contributed by atoms with Crippen LogP contribution in [0.3, 0.4) is 0 Å². The van der Waals surface area contributed by atoms with E-state index in [1.165, 1.54) is 18.2 Å². The second-order valence-electron chi connectivity index (χ2n) is 4.19. The molecule has 1 N–H and O–H groups in total. The summed E-state index contributed by atoms with van der Waals surface area (Å²) in [6, 6.07) is 10.7. The van der Waals surface area contributed by atoms with E-state index in [1.54, 1.807) is 24.3 Å². The lowest BCUT2D eigenvalue weighted by Gasteiger charge is -2.07. The van der Waals surface area contributed by atoms with E-state index in [0.29, 0.717) is 15.7 Å². The summed E-state index contributed by atoms with van der Waals surface area (Å²) in [5.74, 6) is 0. The molecule has 0 aliphatic heterocycles. The summed E-state index contributed by atoms with van der Waals surface area (Å²) in [6.07, 6.45) is 0. The van der Waals surface area contributed by atoms with Gasteiger partial charge in [0, 0.05) is 40.5 Å². The van der Waals surface area contributed by atoms with E-state index in [0.717, 1.165) is 0 Å². The summed E-state index contributed by atoms with van der Waals surface area (Å²) in [4.78, 5) is 20.7. The van der Waals surface area contributed by atoms with E-state index in [1.807, 2.05) is 0 Å². The molecule has 0 amide bonds. The molecule has 0 aliphatic rings. The number of hydrogen-bond donors (Lipinski definition) is 1. The zero-order valence-corrected chi connectivity index (χ0v) is 12.2. The molecule has 7 nitrogen and oxygen atoms in total. The second-order valence-corrected chi connectivity index (χ2v) is 5.11. The van der Waals surface area contributed by atoms with Crippen LogP contribution in [-0.4, -0.2) is 9.85 Å². The van der Waals surface area contributed by atoms with Crippen LogP contribution in [0.15, 0.2) is 46.9 Å². The van der Waals surface area contributed by atoms with E-state index in [2.05, 4.69) is 21.2 Å². The van der Waals surface area contributed by atoms with Crippen molar-refractivity contribution >= 4 is 33.0 Å². The zero-order valence-electron chi connectivity index (χ0n) is 10.7. The van der Waals surface area contributed by atoms with Crippen molar-refractivity contribution in [2.75, 3.05) is 5.32 Å². The van der Waals surface area contributed by atoms with Crippen LogP contribution < -0.4 is 5.32 Å². The van der Waals surface area contributed by atoms with Crippen molar-refractivity contribution in [2.24, 2.45) is 0 Å². The number of nitrogens with one attached hydrogen (secondary N) is 1. The van der Waals surface area contributed by atoms with Crippen molar-refractivity contribution in [3.63, 3.8) is 0 Å². The minimum atomic E-state index is -0.493. The first-order valence-electron chi connectivity index (χ1n) is 5.88. The Hall–Kier alpha value is -2.48. The predicted octanol–water partition coefficient (Wildman–Crippen LogP) is 3.88. The summed E-state index contributed by atoms with van der Waals surface area (Å²) >= 11 is 3.19. The summed E-state index contributed by atoms with van der Waals surface area (Å²) in [5, 5.41) is 24.6. The van der Waals surface area contributed by atoms with Crippen molar-refractivity contribution in [1.82, 2.24) is 0 Å². The molecular formula is C13H10BrN3O4. The van der Waals surface area contributed by atoms with Gasteiger partial charge in [-0.2, -0.15) is 0 Å². The third-order valence-corrected chi connectivity index (χ3v) is 3.28. The summed E-state index contributed by atoms with van der Waals surface area (Å²) in [5.41, 5.74) is 0.976. The van der Waals surface area contributed by atoms with Crippen LogP contribution >= 0.6 is 15.9 Å². The van der Waals surface area contributed by atoms with E-state index in [4.69, 9.17) is 0 Å². The summed E-state index contributed by atoms with van der Waals surface area (Å²) in [7, 11) is 0. The Labute approximate surface area is 128 Å². The Bertz CT molecular complexity index is 706. The number of anilines is 1. The third kappa shape index (κ3) is 3.76. The van der Waals surface area contributed by atoms with Gasteiger partial charge in [0.1, 0.15) is 0 Å². The van der Waals surface area contributed by atoms with E-state index in [-0.39, 0.29) is 17.9 Å². The van der Waals surface area contributed by atoms with Crippen molar-refractivity contribution in [2.45, 2.75) is 6.54 Å². The number of rotatable bonds is 5. The maximum Gasteiger partial charge on any atom is 0.275 e. The lowest BCUT2D eigenvalue weighted by Crippen LogP contribution is -2.03. The van der Waals surface area contributed by atoms with Gasteiger partial charge in [-0.25, -0.2) is 0 Å². The Kier molecular flexibility index (Phi) is 4.49. The number of nitro groups is 2. The predicted molar refractivity (Wildman–Crippen MR) is 81.2 cm³/mol. The van der Waals surface area contributed by atoms with Crippen LogP contribution in [0.1, 0.15) is 5.56 Å². The van der Waals surface area contributed by atoms with Crippen molar-refractivity contribution in [3.05, 3.63) is 72.7 Å². The fraction of sp³-hybridized carbons (Fsp3) is 0.0769. The minimum Gasteiger partial charge on any atom is -0.380 e. The summed E-state index contributed by atoms with van der Waals surface area (Å²) < 4.78 is 0.619. The summed E-state index contributed by atoms with van der Waals surface area (Å²) in [6.45, 7) is 0.199. The molecule has 0 unspecified atom stereocenters. The zero-order chi connectivity index (χ0) is 15.4. The largest absolute Gasteiger partial charge is 0.380 e. The van der Waals surface area contributed by atoms with E-state index < -0.39 is 9.85 Å². The molecule has 0 spiro atoms. The molecule has 0 bridgehead atoms. The van der Waals surface area contributed by atoms with Crippen molar-refractivity contribution in [3.8, 4) is 0 Å². The molecule has 0 atom stereocenters. The quantitative estimate of drug-likeness (QED) is 0.650. The van der Waals surface area contributed by atoms with Gasteiger partial charge in [0.2, 0.25) is 0 Å². The van der Waals surface area contributed by atoms with Gasteiger partial charge in [-0.1, -0.05) is 22.0 Å². The highest BCUT2D eigenvalue weighted by atomic mass is 79.9. The number of nitro benzene ring substituents is 2. The third-order valence-electron chi connectivity index (χ3n) is 2.78. The van der Waals surface area contributed by atoms with Gasteiger partial charge in [-0.15, -0.1) is 0 Å².